The van der Waals surface area contributed by atoms with E-state index in [2.05, 4.69) is 15.7 Å². The van der Waals surface area contributed by atoms with Crippen molar-refractivity contribution in [3.8, 4) is 33.7 Å². The largest absolute Gasteiger partial charge is 0.497 e. The van der Waals surface area contributed by atoms with Gasteiger partial charge in [0.05, 0.1) is 25.0 Å². The number of nitrogens with one attached hydrogen (secondary N) is 1. The molecule has 0 spiro atoms. The summed E-state index contributed by atoms with van der Waals surface area (Å²) >= 11 is 1.59. The Morgan fingerprint density at radius 3 is 2.78 bits per heavy atom. The number of ether oxygens (including phenoxy) is 3. The van der Waals surface area contributed by atoms with E-state index in [1.165, 1.54) is 0 Å². The number of fused-ring (bicyclic) bond motifs is 5. The Kier molecular flexibility index (Phi) is 8.28. The first-order valence-corrected chi connectivity index (χ1v) is 13.4. The molecular formula is C29H30N4O3S. The lowest BCUT2D eigenvalue weighted by molar-refractivity contribution is 0.291. The third-order valence-corrected chi connectivity index (χ3v) is 6.87. The summed E-state index contributed by atoms with van der Waals surface area (Å²) in [7, 11) is 1.67. The molecule has 0 saturated carbocycles. The van der Waals surface area contributed by atoms with Crippen molar-refractivity contribution in [2.24, 2.45) is 4.99 Å². The molecular weight excluding hydrogens is 484 g/mol. The van der Waals surface area contributed by atoms with Crippen LogP contribution in [0.5, 0.6) is 23.1 Å². The molecule has 1 aliphatic rings. The first kappa shape index (κ1) is 24.8. The van der Waals surface area contributed by atoms with Gasteiger partial charge >= 0.3 is 0 Å². The second-order valence-electron chi connectivity index (χ2n) is 8.64. The fourth-order valence-corrected chi connectivity index (χ4v) is 4.89. The van der Waals surface area contributed by atoms with Crippen LogP contribution >= 0.6 is 11.3 Å². The van der Waals surface area contributed by atoms with Crippen LogP contribution in [0.1, 0.15) is 31.4 Å². The van der Waals surface area contributed by atoms with Crippen LogP contribution in [-0.4, -0.2) is 36.1 Å². The first-order valence-electron chi connectivity index (χ1n) is 12.5. The highest BCUT2D eigenvalue weighted by atomic mass is 32.1. The Morgan fingerprint density at radius 2 is 1.86 bits per heavy atom. The number of para-hydroxylation sites is 2. The van der Waals surface area contributed by atoms with Gasteiger partial charge in [0.25, 0.3) is 0 Å². The van der Waals surface area contributed by atoms with Gasteiger partial charge in [-0.15, -0.1) is 11.3 Å². The zero-order valence-electron chi connectivity index (χ0n) is 20.9. The Hall–Kier alpha value is -3.91. The fraction of sp³-hybridized carbons (Fsp3) is 0.276. The van der Waals surface area contributed by atoms with E-state index < -0.39 is 0 Å². The van der Waals surface area contributed by atoms with Crippen molar-refractivity contribution in [1.29, 1.82) is 0 Å². The lowest BCUT2D eigenvalue weighted by Crippen LogP contribution is -2.14. The molecule has 3 heterocycles. The van der Waals surface area contributed by atoms with Crippen molar-refractivity contribution < 1.29 is 14.2 Å². The number of nitrogens with zero attached hydrogens (tertiary/aromatic N) is 3. The number of amidine groups is 1. The van der Waals surface area contributed by atoms with Crippen LogP contribution in [-0.2, 0) is 6.42 Å². The fourth-order valence-electron chi connectivity index (χ4n) is 4.02. The minimum atomic E-state index is 0.516. The number of aromatic nitrogens is 2. The van der Waals surface area contributed by atoms with Crippen LogP contribution in [0.4, 0.5) is 5.69 Å². The highest BCUT2D eigenvalue weighted by Crippen LogP contribution is 2.37. The monoisotopic (exact) mass is 514 g/mol. The summed E-state index contributed by atoms with van der Waals surface area (Å²) in [6.45, 7) is 1.37. The maximum atomic E-state index is 6.25. The maximum Gasteiger partial charge on any atom is 0.229 e. The predicted molar refractivity (Wildman–Crippen MR) is 148 cm³/mol. The van der Waals surface area contributed by atoms with Gasteiger partial charge in [0, 0.05) is 36.3 Å². The third-order valence-electron chi connectivity index (χ3n) is 5.95. The Morgan fingerprint density at radius 1 is 0.946 bits per heavy atom. The molecule has 1 aliphatic heterocycles. The number of hydrogen-bond acceptors (Lipinski definition) is 8. The minimum absolute atomic E-state index is 0.516. The van der Waals surface area contributed by atoms with Crippen molar-refractivity contribution in [2.45, 2.75) is 32.1 Å². The van der Waals surface area contributed by atoms with Crippen LogP contribution in [0.15, 0.2) is 77.2 Å². The average molecular weight is 515 g/mol. The second kappa shape index (κ2) is 12.4. The van der Waals surface area contributed by atoms with Gasteiger partial charge in [0.1, 0.15) is 16.6 Å². The van der Waals surface area contributed by atoms with Gasteiger partial charge in [-0.1, -0.05) is 18.2 Å². The summed E-state index contributed by atoms with van der Waals surface area (Å²) < 4.78 is 17.7. The van der Waals surface area contributed by atoms with E-state index in [1.807, 2.05) is 60.7 Å². The summed E-state index contributed by atoms with van der Waals surface area (Å²) in [4.78, 5) is 14.3. The second-order valence-corrected chi connectivity index (χ2v) is 9.50. The molecule has 7 nitrogen and oxygen atoms in total. The van der Waals surface area contributed by atoms with E-state index in [0.29, 0.717) is 24.0 Å². The van der Waals surface area contributed by atoms with Gasteiger partial charge in [-0.2, -0.15) is 0 Å². The van der Waals surface area contributed by atoms with Crippen molar-refractivity contribution in [3.63, 3.8) is 0 Å². The molecule has 0 fully saturated rings. The molecule has 5 rings (SSSR count). The Bertz CT molecular complexity index is 1350. The van der Waals surface area contributed by atoms with Crippen LogP contribution in [0.2, 0.25) is 0 Å². The number of anilines is 1. The van der Waals surface area contributed by atoms with Crippen LogP contribution in [0.3, 0.4) is 0 Å². The summed E-state index contributed by atoms with van der Waals surface area (Å²) in [5.74, 6) is 3.63. The number of thiazole rings is 1. The number of aryl methyl sites for hydroxylation is 1. The summed E-state index contributed by atoms with van der Waals surface area (Å²) in [6.07, 6.45) is 6.22. The van der Waals surface area contributed by atoms with Gasteiger partial charge in [-0.3, -0.25) is 4.99 Å². The number of aliphatic imine (C=N–C) groups is 1. The normalized spacial score (nSPS) is 14.5. The zero-order chi connectivity index (χ0) is 25.3. The Balaban J connectivity index is 1.40. The molecule has 8 heteroatoms. The van der Waals surface area contributed by atoms with Crippen molar-refractivity contribution in [1.82, 2.24) is 9.97 Å². The van der Waals surface area contributed by atoms with Gasteiger partial charge in [-0.05, 0) is 62.1 Å². The van der Waals surface area contributed by atoms with Gasteiger partial charge < -0.3 is 19.5 Å². The van der Waals surface area contributed by atoms with E-state index >= 15 is 0 Å². The van der Waals surface area contributed by atoms with E-state index in [9.17, 15) is 0 Å². The van der Waals surface area contributed by atoms with Gasteiger partial charge in [0.15, 0.2) is 11.5 Å². The number of benzene rings is 2. The average Bonchev–Trinajstić information content (AvgIpc) is 3.40. The molecule has 37 heavy (non-hydrogen) atoms. The molecule has 0 aliphatic carbocycles. The lowest BCUT2D eigenvalue weighted by atomic mass is 10.2. The smallest absolute Gasteiger partial charge is 0.229 e. The van der Waals surface area contributed by atoms with E-state index in [0.717, 1.165) is 72.2 Å². The molecule has 2 bridgehead atoms. The molecule has 0 radical (unpaired) electrons. The topological polar surface area (TPSA) is 77.9 Å². The molecule has 1 N–H and O–H groups in total. The first-order chi connectivity index (χ1) is 18.3. The number of methoxy groups -OCH3 is 1. The molecule has 2 aromatic heterocycles. The van der Waals surface area contributed by atoms with Crippen LogP contribution in [0, 0.1) is 0 Å². The summed E-state index contributed by atoms with van der Waals surface area (Å²) in [5, 5.41) is 6.46. The lowest BCUT2D eigenvalue weighted by Gasteiger charge is -2.14. The summed E-state index contributed by atoms with van der Waals surface area (Å²) in [6, 6.07) is 19.5. The zero-order valence-corrected chi connectivity index (χ0v) is 21.7. The molecule has 190 valence electrons. The highest BCUT2D eigenvalue weighted by molar-refractivity contribution is 7.13. The van der Waals surface area contributed by atoms with E-state index in [4.69, 9.17) is 24.2 Å². The number of pyridine rings is 1. The number of hydrogen-bond donors (Lipinski definition) is 1. The SMILES string of the molecule is COc1cccc(NC2=NCCCCCOc3ccccc3Oc3ncccc3-c3nc(cs3)CC2)c1. The minimum Gasteiger partial charge on any atom is -0.497 e. The van der Waals surface area contributed by atoms with Crippen molar-refractivity contribution >= 4 is 22.9 Å². The quantitative estimate of drug-likeness (QED) is 0.310. The van der Waals surface area contributed by atoms with E-state index in [1.54, 1.807) is 24.6 Å². The molecule has 0 saturated heterocycles. The number of rotatable bonds is 2. The van der Waals surface area contributed by atoms with Gasteiger partial charge in [-0.25, -0.2) is 9.97 Å². The van der Waals surface area contributed by atoms with E-state index in [-0.39, 0.29) is 0 Å². The van der Waals surface area contributed by atoms with Gasteiger partial charge in [0.2, 0.25) is 5.88 Å². The van der Waals surface area contributed by atoms with Crippen LogP contribution in [0.25, 0.3) is 10.6 Å². The Labute approximate surface area is 221 Å². The van der Waals surface area contributed by atoms with Crippen molar-refractivity contribution in [2.75, 3.05) is 25.6 Å². The summed E-state index contributed by atoms with van der Waals surface area (Å²) in [5.41, 5.74) is 2.83. The third kappa shape index (κ3) is 6.65. The molecule has 0 unspecified atom stereocenters. The molecule has 2 aromatic carbocycles. The molecule has 0 amide bonds. The molecule has 4 aromatic rings. The maximum absolute atomic E-state index is 6.25. The highest BCUT2D eigenvalue weighted by Gasteiger charge is 2.15. The van der Waals surface area contributed by atoms with Crippen molar-refractivity contribution in [3.05, 3.63) is 77.9 Å². The standard InChI is InChI=1S/C29H30N4O3S/c1-34-23-10-7-9-21(19-23)32-27-15-14-22-20-37-29(33-22)24-11-8-17-31-28(24)36-26-13-4-3-12-25(26)35-18-6-2-5-16-30-27/h3-4,7-13,17,19-20H,2,5-6,14-16,18H2,1H3,(H,30,32). The molecule has 0 atom stereocenters. The van der Waals surface area contributed by atoms with Crippen LogP contribution < -0.4 is 19.5 Å². The predicted octanol–water partition coefficient (Wildman–Crippen LogP) is 7.01.